The van der Waals surface area contributed by atoms with Crippen molar-refractivity contribution in [1.29, 1.82) is 0 Å². The molecule has 2 amide bonds. The molecule has 0 aliphatic rings. The SMILES string of the molecule is CC(C)Oc1ccc(NC(=O)C(C)(C)C(=O)NCc2ccccc2F)cc1. The van der Waals surface area contributed by atoms with E-state index in [0.29, 0.717) is 17.0 Å². The number of halogens is 1. The fourth-order valence-electron chi connectivity index (χ4n) is 2.32. The Kier molecular flexibility index (Phi) is 6.55. The smallest absolute Gasteiger partial charge is 0.239 e. The Morgan fingerprint density at radius 1 is 1.04 bits per heavy atom. The molecule has 0 atom stereocenters. The van der Waals surface area contributed by atoms with Gasteiger partial charge >= 0.3 is 0 Å². The molecule has 0 radical (unpaired) electrons. The average molecular weight is 372 g/mol. The predicted molar refractivity (Wildman–Crippen MR) is 103 cm³/mol. The highest BCUT2D eigenvalue weighted by Crippen LogP contribution is 2.22. The number of anilines is 1. The summed E-state index contributed by atoms with van der Waals surface area (Å²) in [5, 5.41) is 5.34. The van der Waals surface area contributed by atoms with E-state index in [0.717, 1.165) is 0 Å². The zero-order valence-electron chi connectivity index (χ0n) is 16.0. The van der Waals surface area contributed by atoms with E-state index in [9.17, 15) is 14.0 Å². The van der Waals surface area contributed by atoms with Gasteiger partial charge in [-0.15, -0.1) is 0 Å². The van der Waals surface area contributed by atoms with Crippen molar-refractivity contribution < 1.29 is 18.7 Å². The zero-order chi connectivity index (χ0) is 20.0. The molecule has 0 saturated carbocycles. The van der Waals surface area contributed by atoms with E-state index >= 15 is 0 Å². The van der Waals surface area contributed by atoms with Crippen molar-refractivity contribution in [2.24, 2.45) is 5.41 Å². The summed E-state index contributed by atoms with van der Waals surface area (Å²) in [6.07, 6.45) is 0.0579. The van der Waals surface area contributed by atoms with Gasteiger partial charge in [0.1, 0.15) is 17.0 Å². The normalized spacial score (nSPS) is 11.2. The van der Waals surface area contributed by atoms with Gasteiger partial charge in [0, 0.05) is 17.8 Å². The van der Waals surface area contributed by atoms with Gasteiger partial charge < -0.3 is 15.4 Å². The van der Waals surface area contributed by atoms with Crippen LogP contribution in [0.4, 0.5) is 10.1 Å². The molecule has 144 valence electrons. The van der Waals surface area contributed by atoms with Crippen LogP contribution in [-0.4, -0.2) is 17.9 Å². The third-order valence-corrected chi connectivity index (χ3v) is 4.02. The topological polar surface area (TPSA) is 67.4 Å². The highest BCUT2D eigenvalue weighted by molar-refractivity contribution is 6.09. The van der Waals surface area contributed by atoms with Crippen LogP contribution in [0.3, 0.4) is 0 Å². The Morgan fingerprint density at radius 3 is 2.26 bits per heavy atom. The molecule has 0 saturated heterocycles. The summed E-state index contributed by atoms with van der Waals surface area (Å²) < 4.78 is 19.2. The summed E-state index contributed by atoms with van der Waals surface area (Å²) >= 11 is 0. The number of amides is 2. The quantitative estimate of drug-likeness (QED) is 0.725. The minimum atomic E-state index is -1.32. The Balaban J connectivity index is 1.97. The molecule has 0 bridgehead atoms. The van der Waals surface area contributed by atoms with E-state index in [-0.39, 0.29) is 12.6 Å². The van der Waals surface area contributed by atoms with Crippen molar-refractivity contribution >= 4 is 17.5 Å². The number of ether oxygens (including phenoxy) is 1. The molecular weight excluding hydrogens is 347 g/mol. The monoisotopic (exact) mass is 372 g/mol. The van der Waals surface area contributed by atoms with Crippen molar-refractivity contribution in [2.75, 3.05) is 5.32 Å². The third-order valence-electron chi connectivity index (χ3n) is 4.02. The van der Waals surface area contributed by atoms with Gasteiger partial charge in [-0.3, -0.25) is 9.59 Å². The first kappa shape index (κ1) is 20.4. The molecule has 2 aromatic carbocycles. The summed E-state index contributed by atoms with van der Waals surface area (Å²) in [4.78, 5) is 25.0. The van der Waals surface area contributed by atoms with Gasteiger partial charge in [-0.1, -0.05) is 18.2 Å². The minimum absolute atomic E-state index is 0.0173. The van der Waals surface area contributed by atoms with Gasteiger partial charge in [-0.05, 0) is 58.0 Å². The molecule has 2 N–H and O–H groups in total. The van der Waals surface area contributed by atoms with E-state index in [1.54, 1.807) is 42.5 Å². The van der Waals surface area contributed by atoms with Crippen LogP contribution >= 0.6 is 0 Å². The molecule has 6 heteroatoms. The maximum absolute atomic E-state index is 13.7. The minimum Gasteiger partial charge on any atom is -0.491 e. The van der Waals surface area contributed by atoms with E-state index < -0.39 is 23.0 Å². The summed E-state index contributed by atoms with van der Waals surface area (Å²) in [5.74, 6) is -0.636. The lowest BCUT2D eigenvalue weighted by Crippen LogP contribution is -2.44. The van der Waals surface area contributed by atoms with Gasteiger partial charge in [0.15, 0.2) is 0 Å². The number of hydrogen-bond acceptors (Lipinski definition) is 3. The number of benzene rings is 2. The van der Waals surface area contributed by atoms with Crippen LogP contribution in [-0.2, 0) is 16.1 Å². The molecule has 27 heavy (non-hydrogen) atoms. The summed E-state index contributed by atoms with van der Waals surface area (Å²) in [6, 6.07) is 13.1. The van der Waals surface area contributed by atoms with Crippen LogP contribution in [0.15, 0.2) is 48.5 Å². The van der Waals surface area contributed by atoms with Crippen molar-refractivity contribution in [1.82, 2.24) is 5.32 Å². The molecule has 0 fully saturated rings. The lowest BCUT2D eigenvalue weighted by molar-refractivity contribution is -0.138. The Bertz CT molecular complexity index is 801. The Labute approximate surface area is 158 Å². The van der Waals surface area contributed by atoms with E-state index in [1.807, 2.05) is 13.8 Å². The molecule has 5 nitrogen and oxygen atoms in total. The number of carbonyl (C=O) groups is 2. The van der Waals surface area contributed by atoms with Crippen molar-refractivity contribution in [3.63, 3.8) is 0 Å². The molecular formula is C21H25FN2O3. The Hall–Kier alpha value is -2.89. The first-order chi connectivity index (χ1) is 12.7. The summed E-state index contributed by atoms with van der Waals surface area (Å²) in [7, 11) is 0. The second-order valence-corrected chi connectivity index (χ2v) is 7.04. The maximum atomic E-state index is 13.7. The molecule has 0 aromatic heterocycles. The highest BCUT2D eigenvalue weighted by atomic mass is 19.1. The van der Waals surface area contributed by atoms with Crippen molar-refractivity contribution in [3.05, 3.63) is 59.9 Å². The van der Waals surface area contributed by atoms with Gasteiger partial charge in [-0.2, -0.15) is 0 Å². The zero-order valence-corrected chi connectivity index (χ0v) is 16.0. The number of rotatable bonds is 7. The highest BCUT2D eigenvalue weighted by Gasteiger charge is 2.36. The number of nitrogens with one attached hydrogen (secondary N) is 2. The predicted octanol–water partition coefficient (Wildman–Crippen LogP) is 3.89. The summed E-state index contributed by atoms with van der Waals surface area (Å²) in [6.45, 7) is 6.92. The second kappa shape index (κ2) is 8.66. The standard InChI is InChI=1S/C21H25FN2O3/c1-14(2)27-17-11-9-16(10-12-17)24-20(26)21(3,4)19(25)23-13-15-7-5-6-8-18(15)22/h5-12,14H,13H2,1-4H3,(H,23,25)(H,24,26). The molecule has 0 aliphatic carbocycles. The maximum Gasteiger partial charge on any atom is 0.239 e. The van der Waals surface area contributed by atoms with Gasteiger partial charge in [-0.25, -0.2) is 4.39 Å². The average Bonchev–Trinajstić information content (AvgIpc) is 2.61. The fourth-order valence-corrected chi connectivity index (χ4v) is 2.32. The van der Waals surface area contributed by atoms with Crippen LogP contribution in [0.1, 0.15) is 33.3 Å². The molecule has 0 aliphatic heterocycles. The van der Waals surface area contributed by atoms with Crippen LogP contribution < -0.4 is 15.4 Å². The molecule has 0 heterocycles. The number of hydrogen-bond donors (Lipinski definition) is 2. The third kappa shape index (κ3) is 5.54. The van der Waals surface area contributed by atoms with E-state index in [1.165, 1.54) is 19.9 Å². The van der Waals surface area contributed by atoms with Crippen molar-refractivity contribution in [2.45, 2.75) is 40.3 Å². The van der Waals surface area contributed by atoms with Crippen LogP contribution in [0.5, 0.6) is 5.75 Å². The van der Waals surface area contributed by atoms with E-state index in [2.05, 4.69) is 10.6 Å². The van der Waals surface area contributed by atoms with Crippen LogP contribution in [0.2, 0.25) is 0 Å². The van der Waals surface area contributed by atoms with Crippen LogP contribution in [0, 0.1) is 11.2 Å². The molecule has 2 aromatic rings. The lowest BCUT2D eigenvalue weighted by Gasteiger charge is -2.23. The van der Waals surface area contributed by atoms with Crippen LogP contribution in [0.25, 0.3) is 0 Å². The largest absolute Gasteiger partial charge is 0.491 e. The van der Waals surface area contributed by atoms with E-state index in [4.69, 9.17) is 4.74 Å². The number of carbonyl (C=O) groups excluding carboxylic acids is 2. The van der Waals surface area contributed by atoms with Gasteiger partial charge in [0.25, 0.3) is 0 Å². The molecule has 0 unspecified atom stereocenters. The second-order valence-electron chi connectivity index (χ2n) is 7.04. The first-order valence-corrected chi connectivity index (χ1v) is 8.80. The van der Waals surface area contributed by atoms with Gasteiger partial charge in [0.05, 0.1) is 6.10 Å². The first-order valence-electron chi connectivity index (χ1n) is 8.80. The molecule has 2 rings (SSSR count). The van der Waals surface area contributed by atoms with Crippen molar-refractivity contribution in [3.8, 4) is 5.75 Å². The Morgan fingerprint density at radius 2 is 1.67 bits per heavy atom. The summed E-state index contributed by atoms with van der Waals surface area (Å²) in [5.41, 5.74) is -0.396. The lowest BCUT2D eigenvalue weighted by atomic mass is 9.90. The fraction of sp³-hybridized carbons (Fsp3) is 0.333. The molecule has 0 spiro atoms. The van der Waals surface area contributed by atoms with Gasteiger partial charge in [0.2, 0.25) is 11.8 Å².